The summed E-state index contributed by atoms with van der Waals surface area (Å²) in [6.07, 6.45) is 7.93. The third-order valence-corrected chi connectivity index (χ3v) is 5.75. The largest absolute Gasteiger partial charge is 3.00 e. The number of hydrogen-bond donors (Lipinski definition) is 0. The molecule has 4 aromatic carbocycles. The van der Waals surface area contributed by atoms with Gasteiger partial charge in [0, 0.05) is 51.0 Å². The van der Waals surface area contributed by atoms with E-state index in [1.165, 1.54) is 24.3 Å². The molecule has 0 aliphatic carbocycles. The molecular formula is C34H38Cl2Mn2N4O14+2. The van der Waals surface area contributed by atoms with Crippen LogP contribution in [0.15, 0.2) is 117 Å². The predicted octanol–water partition coefficient (Wildman–Crippen LogP) is -7.84. The summed E-state index contributed by atoms with van der Waals surface area (Å²) < 4.78 is 67.9. The van der Waals surface area contributed by atoms with E-state index < -0.39 is 20.5 Å². The van der Waals surface area contributed by atoms with E-state index in [0.717, 1.165) is 12.8 Å². The van der Waals surface area contributed by atoms with Gasteiger partial charge in [0.05, 0.1) is 0 Å². The van der Waals surface area contributed by atoms with Crippen LogP contribution in [0, 0.1) is 20.5 Å². The number of benzene rings is 4. The zero-order chi connectivity index (χ0) is 38.8. The van der Waals surface area contributed by atoms with Gasteiger partial charge in [0.15, 0.2) is 0 Å². The molecule has 0 saturated carbocycles. The molecule has 0 unspecified atom stereocenters. The van der Waals surface area contributed by atoms with E-state index in [1.807, 2.05) is 24.3 Å². The van der Waals surface area contributed by atoms with E-state index in [9.17, 15) is 20.4 Å². The quantitative estimate of drug-likeness (QED) is 0.0554. The van der Waals surface area contributed by atoms with Crippen LogP contribution in [-0.4, -0.2) is 51.0 Å². The molecule has 0 heterocycles. The van der Waals surface area contributed by atoms with Crippen molar-refractivity contribution in [2.24, 2.45) is 20.0 Å². The zero-order valence-corrected chi connectivity index (χ0v) is 33.0. The Labute approximate surface area is 347 Å². The monoisotopic (exact) mass is 906 g/mol. The van der Waals surface area contributed by atoms with Crippen LogP contribution < -0.4 is 57.7 Å². The van der Waals surface area contributed by atoms with Crippen LogP contribution in [0.25, 0.3) is 0 Å². The van der Waals surface area contributed by atoms with E-state index in [2.05, 4.69) is 20.0 Å². The maximum absolute atomic E-state index is 11.4. The molecule has 304 valence electrons. The van der Waals surface area contributed by atoms with Crippen molar-refractivity contribution in [3.05, 3.63) is 119 Å². The molecular weight excluding hydrogens is 869 g/mol. The van der Waals surface area contributed by atoms with Crippen molar-refractivity contribution in [2.75, 3.05) is 26.2 Å². The summed E-state index contributed by atoms with van der Waals surface area (Å²) in [5.74, 6) is -0.0877. The molecule has 0 fully saturated rings. The van der Waals surface area contributed by atoms with E-state index in [1.54, 1.807) is 73.4 Å². The number of nitrogens with zero attached hydrogens (tertiary/aromatic N) is 4. The third-order valence-electron chi connectivity index (χ3n) is 5.75. The minimum Gasteiger partial charge on any atom is -0.872 e. The summed E-state index contributed by atoms with van der Waals surface area (Å²) in [5.41, 5.74) is 2.39. The fourth-order valence-corrected chi connectivity index (χ4v) is 3.51. The van der Waals surface area contributed by atoms with E-state index in [0.29, 0.717) is 48.4 Å². The maximum atomic E-state index is 11.4. The molecule has 4 aromatic rings. The van der Waals surface area contributed by atoms with Gasteiger partial charge in [0.2, 0.25) is 0 Å². The molecule has 0 atom stereocenters. The van der Waals surface area contributed by atoms with Gasteiger partial charge in [-0.3, -0.25) is 20.0 Å². The Hall–Kier alpha value is -4.02. The Morgan fingerprint density at radius 3 is 0.679 bits per heavy atom. The van der Waals surface area contributed by atoms with Crippen molar-refractivity contribution in [1.82, 2.24) is 0 Å². The Bertz CT molecular complexity index is 1480. The molecule has 0 saturated heterocycles. The molecule has 0 amide bonds. The van der Waals surface area contributed by atoms with Crippen LogP contribution in [0.5, 0.6) is 23.0 Å². The first-order valence-corrected chi connectivity index (χ1v) is 17.3. The van der Waals surface area contributed by atoms with Gasteiger partial charge in [-0.05, 0) is 35.1 Å². The molecule has 0 aliphatic rings. The second kappa shape index (κ2) is 33.1. The Kier molecular flexibility index (Phi) is 34.7. The van der Waals surface area contributed by atoms with Crippen LogP contribution in [0.4, 0.5) is 0 Å². The van der Waals surface area contributed by atoms with Gasteiger partial charge in [-0.15, -0.1) is 43.5 Å². The van der Waals surface area contributed by atoms with Gasteiger partial charge >= 0.3 is 34.1 Å². The van der Waals surface area contributed by atoms with Crippen LogP contribution in [0.2, 0.25) is 0 Å². The molecule has 0 spiro atoms. The fourth-order valence-electron chi connectivity index (χ4n) is 3.51. The van der Waals surface area contributed by atoms with Gasteiger partial charge in [0.1, 0.15) is 0 Å². The topological polar surface area (TPSA) is 392 Å². The molecule has 0 radical (unpaired) electrons. The van der Waals surface area contributed by atoms with Crippen molar-refractivity contribution in [3.63, 3.8) is 0 Å². The molecule has 0 bridgehead atoms. The predicted molar refractivity (Wildman–Crippen MR) is 172 cm³/mol. The molecule has 56 heavy (non-hydrogen) atoms. The van der Waals surface area contributed by atoms with E-state index >= 15 is 0 Å². The fraction of sp³-hybridized carbons (Fsp3) is 0.176. The number of rotatable bonds is 12. The smallest absolute Gasteiger partial charge is 0.872 e. The van der Waals surface area contributed by atoms with Gasteiger partial charge in [0.25, 0.3) is 0 Å². The summed E-state index contributed by atoms with van der Waals surface area (Å²) in [7, 11) is -9.89. The summed E-state index contributed by atoms with van der Waals surface area (Å²) in [4.78, 5) is 16.8. The second-order valence-corrected chi connectivity index (χ2v) is 11.3. The van der Waals surface area contributed by atoms with E-state index in [-0.39, 0.29) is 68.1 Å². The van der Waals surface area contributed by atoms with Crippen LogP contribution in [0.1, 0.15) is 35.1 Å². The SMILES string of the molecule is [Mn+3].[Mn+3].[O-][Cl+3]([O-])([O-])[O-].[O-][Cl+3]([O-])([O-])[O-].[O-]c1ccccc1C=NCCCN=Cc1ccccc1[O-].[O-]c1ccccc1C=NCCCN=Cc1ccccc1[O-].[OH3+].[OH3+]. The van der Waals surface area contributed by atoms with Gasteiger partial charge in [-0.2, -0.15) is 0 Å². The number of aliphatic imine (C=N–C) groups is 4. The molecule has 0 aliphatic heterocycles. The first-order chi connectivity index (χ1) is 24.5. The summed E-state index contributed by atoms with van der Waals surface area (Å²) in [6.45, 7) is 2.41. The van der Waals surface area contributed by atoms with Crippen molar-refractivity contribution >= 4 is 24.9 Å². The summed E-state index contributed by atoms with van der Waals surface area (Å²) >= 11 is 0. The molecule has 18 nitrogen and oxygen atoms in total. The van der Waals surface area contributed by atoms with Crippen molar-refractivity contribution in [1.29, 1.82) is 0 Å². The first kappa shape index (κ1) is 58.7. The van der Waals surface area contributed by atoms with Gasteiger partial charge in [-0.25, -0.2) is 37.3 Å². The van der Waals surface area contributed by atoms with Crippen LogP contribution in [-0.2, 0) is 45.1 Å². The minimum absolute atomic E-state index is 0. The second-order valence-electron chi connectivity index (χ2n) is 9.76. The van der Waals surface area contributed by atoms with Crippen molar-refractivity contribution in [3.8, 4) is 23.0 Å². The van der Waals surface area contributed by atoms with Gasteiger partial charge < -0.3 is 31.4 Å². The first-order valence-electron chi connectivity index (χ1n) is 14.8. The average Bonchev–Trinajstić information content (AvgIpc) is 3.06. The summed E-state index contributed by atoms with van der Waals surface area (Å²) in [6, 6.07) is 27.2. The van der Waals surface area contributed by atoms with Gasteiger partial charge in [-0.1, -0.05) is 97.1 Å². The molecule has 4 rings (SSSR count). The zero-order valence-electron chi connectivity index (χ0n) is 29.1. The summed E-state index contributed by atoms with van der Waals surface area (Å²) in [5, 5.41) is 45.7. The molecule has 0 aromatic heterocycles. The Morgan fingerprint density at radius 2 is 0.518 bits per heavy atom. The normalized spacial score (nSPS) is 10.7. The third kappa shape index (κ3) is 33.3. The van der Waals surface area contributed by atoms with Crippen LogP contribution >= 0.6 is 0 Å². The number of halogens is 2. The minimum atomic E-state index is -4.94. The van der Waals surface area contributed by atoms with Crippen LogP contribution in [0.3, 0.4) is 0 Å². The Balaban J connectivity index is -0.000000368. The number of hydrogen-bond acceptors (Lipinski definition) is 16. The molecule has 6 N–H and O–H groups in total. The number of para-hydroxylation sites is 4. The van der Waals surface area contributed by atoms with Crippen molar-refractivity contribution < 1.29 is 123 Å². The average molecular weight is 907 g/mol. The van der Waals surface area contributed by atoms with Crippen molar-refractivity contribution in [2.45, 2.75) is 12.8 Å². The standard InChI is InChI=1S/2C17H18N2O2.2ClHO4.2Mn.2H2O/c2*20-16-8-3-1-6-14(16)12-18-10-5-11-19-13-15-7-2-4-9-17(15)21;2*2-1(3,4)5;;;;/h2*1-4,6-9,12-13,20-21H,5,10-11H2;2*(H,2,3,4,5);;;2*1H2/q;;;;2*+3;;/p-4. The molecule has 22 heteroatoms. The Morgan fingerprint density at radius 1 is 0.357 bits per heavy atom. The van der Waals surface area contributed by atoms with E-state index in [4.69, 9.17) is 37.3 Å². The maximum Gasteiger partial charge on any atom is 3.00 e.